The number of methoxy groups -OCH3 is 2. The Hall–Kier alpha value is -2.15. The zero-order chi connectivity index (χ0) is 45.1. The minimum absolute atomic E-state index is 0.129. The zero-order valence-electron chi connectivity index (χ0n) is 38.9. The monoisotopic (exact) mass is 855 g/mol. The number of carbonyl (C=O) groups is 1. The lowest BCUT2D eigenvalue weighted by molar-refractivity contribution is -0.316. The van der Waals surface area contributed by atoms with E-state index in [9.17, 15) is 25.2 Å². The van der Waals surface area contributed by atoms with Crippen molar-refractivity contribution in [2.75, 3.05) is 41.9 Å². The number of carbonyl (C=O) groups excluding carboxylic acids is 1. The number of ether oxygens (including phenoxy) is 8. The van der Waals surface area contributed by atoms with Gasteiger partial charge in [0.25, 0.3) is 0 Å². The molecule has 3 aliphatic heterocycles. The summed E-state index contributed by atoms with van der Waals surface area (Å²) in [6, 6.07) is 6.65. The fourth-order valence-corrected chi connectivity index (χ4v) is 9.71. The maximum atomic E-state index is 14.5. The second-order valence-corrected chi connectivity index (χ2v) is 18.9. The van der Waals surface area contributed by atoms with Crippen LogP contribution in [0.1, 0.15) is 94.9 Å². The van der Waals surface area contributed by atoms with Crippen molar-refractivity contribution in [2.24, 2.45) is 17.8 Å². The fraction of sp³-hybridized carbons (Fsp3) is 0.844. The van der Waals surface area contributed by atoms with Crippen LogP contribution >= 0.6 is 0 Å². The maximum Gasteiger partial charge on any atom is 0.311 e. The molecule has 15 nitrogen and oxygen atoms in total. The molecule has 3 heterocycles. The van der Waals surface area contributed by atoms with E-state index in [1.54, 1.807) is 41.7 Å². The van der Waals surface area contributed by atoms with E-state index < -0.39 is 96.0 Å². The van der Waals surface area contributed by atoms with E-state index >= 15 is 0 Å². The lowest BCUT2D eigenvalue weighted by atomic mass is 9.77. The predicted molar refractivity (Wildman–Crippen MR) is 226 cm³/mol. The number of rotatable bonds is 10. The first-order valence-corrected chi connectivity index (χ1v) is 21.8. The molecule has 0 unspecified atom stereocenters. The van der Waals surface area contributed by atoms with Crippen LogP contribution in [0.4, 0.5) is 0 Å². The first kappa shape index (κ1) is 50.5. The van der Waals surface area contributed by atoms with Crippen LogP contribution in [-0.4, -0.2) is 168 Å². The molecule has 0 aliphatic carbocycles. The normalized spacial score (nSPS) is 44.4. The van der Waals surface area contributed by atoms with Gasteiger partial charge < -0.3 is 68.1 Å². The number of para-hydroxylation sites is 2. The summed E-state index contributed by atoms with van der Waals surface area (Å²) in [6.45, 7) is 18.3. The molecule has 60 heavy (non-hydrogen) atoms. The molecule has 0 radical (unpaired) electrons. The van der Waals surface area contributed by atoms with Gasteiger partial charge >= 0.3 is 5.97 Å². The zero-order valence-corrected chi connectivity index (χ0v) is 38.9. The molecule has 346 valence electrons. The number of benzene rings is 1. The molecule has 3 saturated heterocycles. The summed E-state index contributed by atoms with van der Waals surface area (Å²) < 4.78 is 51.2. The Morgan fingerprint density at radius 1 is 0.900 bits per heavy atom. The van der Waals surface area contributed by atoms with Crippen molar-refractivity contribution in [3.05, 3.63) is 24.3 Å². The Labute approximate surface area is 358 Å². The largest absolute Gasteiger partial charge is 0.493 e. The molecule has 18 atom stereocenters. The van der Waals surface area contributed by atoms with Gasteiger partial charge in [-0.2, -0.15) is 0 Å². The van der Waals surface area contributed by atoms with Crippen LogP contribution in [-0.2, 0) is 33.2 Å². The highest BCUT2D eigenvalue weighted by atomic mass is 16.7. The van der Waals surface area contributed by atoms with Crippen LogP contribution in [0, 0.1) is 17.8 Å². The molecule has 0 spiro atoms. The molecule has 1 aromatic rings. The molecule has 3 fully saturated rings. The first-order chi connectivity index (χ1) is 27.9. The summed E-state index contributed by atoms with van der Waals surface area (Å²) in [5.74, 6) is -1.57. The first-order valence-electron chi connectivity index (χ1n) is 21.8. The molecule has 0 amide bonds. The van der Waals surface area contributed by atoms with Gasteiger partial charge in [0.1, 0.15) is 23.9 Å². The third kappa shape index (κ3) is 11.3. The van der Waals surface area contributed by atoms with Gasteiger partial charge in [0.05, 0.1) is 54.7 Å². The highest BCUT2D eigenvalue weighted by molar-refractivity contribution is 5.73. The molecule has 15 heteroatoms. The summed E-state index contributed by atoms with van der Waals surface area (Å²) >= 11 is 0. The smallest absolute Gasteiger partial charge is 0.311 e. The van der Waals surface area contributed by atoms with E-state index in [1.165, 1.54) is 14.0 Å². The van der Waals surface area contributed by atoms with Crippen LogP contribution < -0.4 is 9.47 Å². The van der Waals surface area contributed by atoms with Crippen molar-refractivity contribution in [1.29, 1.82) is 0 Å². The highest BCUT2D eigenvalue weighted by Gasteiger charge is 2.53. The fourth-order valence-electron chi connectivity index (χ4n) is 9.71. The molecule has 3 aliphatic rings. The van der Waals surface area contributed by atoms with Crippen LogP contribution in [0.15, 0.2) is 24.3 Å². The average molecular weight is 855 g/mol. The van der Waals surface area contributed by atoms with E-state index in [4.69, 9.17) is 37.9 Å². The molecule has 0 bridgehead atoms. The van der Waals surface area contributed by atoms with Crippen molar-refractivity contribution in [2.45, 2.75) is 185 Å². The molecule has 4 rings (SSSR count). The number of likely N-dealkylation sites (N-methyl/N-ethyl adjacent to an activating group) is 2. The summed E-state index contributed by atoms with van der Waals surface area (Å²) in [5, 5.41) is 47.4. The maximum absolute atomic E-state index is 14.5. The number of hydrogen-bond acceptors (Lipinski definition) is 15. The molecule has 0 aromatic heterocycles. The van der Waals surface area contributed by atoms with Gasteiger partial charge in [0.2, 0.25) is 0 Å². The molecular formula is C45H78N2O13. The van der Waals surface area contributed by atoms with Crippen LogP contribution in [0.3, 0.4) is 0 Å². The highest BCUT2D eigenvalue weighted by Crippen LogP contribution is 2.41. The predicted octanol–water partition coefficient (Wildman–Crippen LogP) is 4.00. The minimum atomic E-state index is -1.81. The van der Waals surface area contributed by atoms with Crippen LogP contribution in [0.25, 0.3) is 0 Å². The number of esters is 1. The quantitative estimate of drug-likeness (QED) is 0.248. The summed E-state index contributed by atoms with van der Waals surface area (Å²) in [6.07, 6.45) is -7.77. The molecular weight excluding hydrogens is 776 g/mol. The SMILES string of the molecule is CC[C@H]1OC(=O)[C@H](C)[C@@H](O[C@H]2C[C@@](C)(OC)[C@@H](O)[C@H](C)O2)[C@H](C)[C@@H](O[C@@H]2O[C@H](C)C[C@H](N(C)C)[C@H]2Oc2ccccc2OC)[C@](C)(O)C[C@@H](C)CN(C)[C@H](C)[C@@H](O)[C@]1(C)O. The van der Waals surface area contributed by atoms with Gasteiger partial charge in [-0.05, 0) is 107 Å². The van der Waals surface area contributed by atoms with Gasteiger partial charge in [-0.25, -0.2) is 0 Å². The van der Waals surface area contributed by atoms with Crippen molar-refractivity contribution in [1.82, 2.24) is 9.80 Å². The third-order valence-electron chi connectivity index (χ3n) is 13.5. The average Bonchev–Trinajstić information content (AvgIpc) is 3.18. The van der Waals surface area contributed by atoms with E-state index in [2.05, 4.69) is 4.90 Å². The van der Waals surface area contributed by atoms with Gasteiger partial charge in [-0.15, -0.1) is 0 Å². The molecule has 0 saturated carbocycles. The topological polar surface area (TPSA) is 178 Å². The Bertz CT molecular complexity index is 1510. The van der Waals surface area contributed by atoms with Crippen LogP contribution in [0.5, 0.6) is 11.5 Å². The third-order valence-corrected chi connectivity index (χ3v) is 13.5. The van der Waals surface area contributed by atoms with Crippen LogP contribution in [0.2, 0.25) is 0 Å². The van der Waals surface area contributed by atoms with Gasteiger partial charge in [-0.1, -0.05) is 32.9 Å². The number of hydrogen-bond donors (Lipinski definition) is 4. The Morgan fingerprint density at radius 2 is 1.53 bits per heavy atom. The lowest BCUT2D eigenvalue weighted by Crippen LogP contribution is -2.61. The number of aliphatic hydroxyl groups excluding tert-OH is 2. The van der Waals surface area contributed by atoms with Crippen molar-refractivity contribution in [3.63, 3.8) is 0 Å². The number of nitrogens with zero attached hydrogens (tertiary/aromatic N) is 2. The summed E-state index contributed by atoms with van der Waals surface area (Å²) in [5.41, 5.74) is -4.42. The van der Waals surface area contributed by atoms with E-state index in [0.717, 1.165) is 0 Å². The van der Waals surface area contributed by atoms with Gasteiger partial charge in [0, 0.05) is 32.0 Å². The molecule has 4 N–H and O–H groups in total. The van der Waals surface area contributed by atoms with Crippen molar-refractivity contribution >= 4 is 5.97 Å². The van der Waals surface area contributed by atoms with Gasteiger partial charge in [0.15, 0.2) is 30.2 Å². The molecule has 1 aromatic carbocycles. The number of cyclic esters (lactones) is 1. The second kappa shape index (κ2) is 20.6. The van der Waals surface area contributed by atoms with E-state index in [1.807, 2.05) is 78.0 Å². The van der Waals surface area contributed by atoms with E-state index in [-0.39, 0.29) is 37.3 Å². The second-order valence-electron chi connectivity index (χ2n) is 18.9. The van der Waals surface area contributed by atoms with Gasteiger partial charge in [-0.3, -0.25) is 4.79 Å². The van der Waals surface area contributed by atoms with Crippen molar-refractivity contribution < 1.29 is 63.1 Å². The summed E-state index contributed by atoms with van der Waals surface area (Å²) in [7, 11) is 8.91. The summed E-state index contributed by atoms with van der Waals surface area (Å²) in [4.78, 5) is 18.5. The van der Waals surface area contributed by atoms with E-state index in [0.29, 0.717) is 24.5 Å². The van der Waals surface area contributed by atoms with Crippen molar-refractivity contribution in [3.8, 4) is 11.5 Å². The lowest BCUT2D eigenvalue weighted by Gasteiger charge is -2.49. The Kier molecular flexibility index (Phi) is 17.3. The number of aliphatic hydroxyl groups is 4. The Morgan fingerprint density at radius 3 is 2.12 bits per heavy atom. The Balaban J connectivity index is 1.88. The minimum Gasteiger partial charge on any atom is -0.493 e. The standard InChI is InChI=1S/C45H78N2O13/c1-16-34-45(10,52)38(48)29(6)47(13)24-25(2)22-43(8,51)40(27(4)36(28(5)41(50)58-34)59-35-23-44(9,54-15)39(49)30(7)56-35)60-42-37(31(46(11)12)21-26(3)55-42)57-33-20-18-17-19-32(33)53-14/h17-20,25-31,34-40,42,48-49,51-52H,16,21-24H2,1-15H3/t25-,26-,27+,28-,29-,30+,31+,34-,35+,36+,37-,38-,39+,40-,42+,43-,44-,45-/m1/s1.